The topological polar surface area (TPSA) is 80.2 Å². The first-order valence-electron chi connectivity index (χ1n) is 4.46. The van der Waals surface area contributed by atoms with Crippen molar-refractivity contribution in [3.8, 4) is 0 Å². The molecule has 1 aliphatic heterocycles. The van der Waals surface area contributed by atoms with Crippen LogP contribution in [0, 0.1) is 5.92 Å². The van der Waals surface area contributed by atoms with Crippen molar-refractivity contribution in [2.75, 3.05) is 17.2 Å². The van der Waals surface area contributed by atoms with Crippen molar-refractivity contribution < 1.29 is 13.2 Å². The Hall–Kier alpha value is -0.730. The van der Waals surface area contributed by atoms with Crippen LogP contribution < -0.4 is 4.90 Å². The van der Waals surface area contributed by atoms with Crippen LogP contribution in [-0.2, 0) is 13.8 Å². The number of carbonyl (C=O) groups excluding carboxylic acids is 1. The lowest BCUT2D eigenvalue weighted by molar-refractivity contribution is -0.117. The summed E-state index contributed by atoms with van der Waals surface area (Å²) in [6.07, 6.45) is 1.68. The van der Waals surface area contributed by atoms with Crippen LogP contribution in [0.5, 0.6) is 0 Å². The number of aromatic nitrogens is 2. The van der Waals surface area contributed by atoms with Gasteiger partial charge in [0, 0.05) is 41.1 Å². The highest BCUT2D eigenvalue weighted by atomic mass is 35.7. The third-order valence-corrected chi connectivity index (χ3v) is 4.19. The molecule has 1 fully saturated rings. The van der Waals surface area contributed by atoms with Gasteiger partial charge < -0.3 is 4.90 Å². The molecule has 2 heterocycles. The largest absolute Gasteiger partial charge is 0.301 e. The van der Waals surface area contributed by atoms with E-state index in [1.54, 1.807) is 0 Å². The molecule has 2 rings (SSSR count). The minimum atomic E-state index is -3.56. The van der Waals surface area contributed by atoms with E-state index in [1.807, 2.05) is 0 Å². The third-order valence-electron chi connectivity index (χ3n) is 2.26. The summed E-state index contributed by atoms with van der Waals surface area (Å²) in [5.74, 6) is -0.545. The number of anilines is 1. The van der Waals surface area contributed by atoms with Gasteiger partial charge in [-0.2, -0.15) is 0 Å². The summed E-state index contributed by atoms with van der Waals surface area (Å²) in [5, 5.41) is 4.27. The molecule has 0 aliphatic carbocycles. The third kappa shape index (κ3) is 2.69. The minimum absolute atomic E-state index is 0.114. The Kier molecular flexibility index (Phi) is 3.13. The van der Waals surface area contributed by atoms with Gasteiger partial charge in [-0.1, -0.05) is 4.49 Å². The van der Waals surface area contributed by atoms with E-state index in [0.717, 1.165) is 11.5 Å². The standard InChI is InChI=1S/C7H8ClN3O3S2/c8-16(13,14)4-5-1-6(12)11(3-5)7-2-9-10-15-7/h2,5H,1,3-4H2. The maximum absolute atomic E-state index is 11.6. The molecule has 88 valence electrons. The molecule has 1 aromatic heterocycles. The number of amides is 1. The molecule has 1 saturated heterocycles. The zero-order valence-corrected chi connectivity index (χ0v) is 10.4. The zero-order chi connectivity index (χ0) is 11.8. The molecule has 1 atom stereocenters. The second kappa shape index (κ2) is 4.27. The summed E-state index contributed by atoms with van der Waals surface area (Å²) < 4.78 is 25.5. The van der Waals surface area contributed by atoms with Crippen LogP contribution in [-0.4, -0.2) is 36.2 Å². The van der Waals surface area contributed by atoms with Crippen molar-refractivity contribution in [1.82, 2.24) is 9.59 Å². The van der Waals surface area contributed by atoms with Crippen molar-refractivity contribution in [3.63, 3.8) is 0 Å². The first-order chi connectivity index (χ1) is 7.46. The van der Waals surface area contributed by atoms with Crippen LogP contribution >= 0.6 is 22.2 Å². The van der Waals surface area contributed by atoms with Gasteiger partial charge in [0.25, 0.3) is 0 Å². The summed E-state index contributed by atoms with van der Waals surface area (Å²) in [4.78, 5) is 13.1. The summed E-state index contributed by atoms with van der Waals surface area (Å²) in [7, 11) is 1.60. The molecule has 1 aliphatic rings. The van der Waals surface area contributed by atoms with Gasteiger partial charge >= 0.3 is 0 Å². The van der Waals surface area contributed by atoms with Gasteiger partial charge in [0.05, 0.1) is 11.9 Å². The molecular formula is C7H8ClN3O3S2. The average molecular weight is 282 g/mol. The van der Waals surface area contributed by atoms with E-state index in [0.29, 0.717) is 11.5 Å². The molecular weight excluding hydrogens is 274 g/mol. The van der Waals surface area contributed by atoms with Crippen molar-refractivity contribution in [1.29, 1.82) is 0 Å². The molecule has 1 aromatic rings. The Morgan fingerprint density at radius 2 is 2.38 bits per heavy atom. The average Bonchev–Trinajstić information content (AvgIpc) is 2.71. The predicted octanol–water partition coefficient (Wildman–Crippen LogP) is 0.460. The van der Waals surface area contributed by atoms with E-state index in [1.165, 1.54) is 11.1 Å². The molecule has 0 radical (unpaired) electrons. The number of carbonyl (C=O) groups is 1. The van der Waals surface area contributed by atoms with Crippen LogP contribution in [0.15, 0.2) is 6.20 Å². The molecule has 0 spiro atoms. The number of hydrogen-bond donors (Lipinski definition) is 0. The van der Waals surface area contributed by atoms with Crippen LogP contribution in [0.1, 0.15) is 6.42 Å². The molecule has 0 aromatic carbocycles. The SMILES string of the molecule is O=C1CC(CS(=O)(=O)Cl)CN1c1cnns1. The van der Waals surface area contributed by atoms with E-state index in [-0.39, 0.29) is 24.0 Å². The van der Waals surface area contributed by atoms with Gasteiger partial charge in [-0.25, -0.2) is 8.42 Å². The second-order valence-corrected chi connectivity index (χ2v) is 7.12. The van der Waals surface area contributed by atoms with Gasteiger partial charge in [0.2, 0.25) is 15.0 Å². The van der Waals surface area contributed by atoms with Gasteiger partial charge in [-0.15, -0.1) is 5.10 Å². The molecule has 16 heavy (non-hydrogen) atoms. The molecule has 9 heteroatoms. The second-order valence-electron chi connectivity index (χ2n) is 3.54. The fourth-order valence-electron chi connectivity index (χ4n) is 1.67. The summed E-state index contributed by atoms with van der Waals surface area (Å²) in [6.45, 7) is 0.356. The van der Waals surface area contributed by atoms with Crippen LogP contribution in [0.25, 0.3) is 0 Å². The first kappa shape index (κ1) is 11.7. The number of nitrogens with zero attached hydrogens (tertiary/aromatic N) is 3. The van der Waals surface area contributed by atoms with Crippen LogP contribution in [0.2, 0.25) is 0 Å². The van der Waals surface area contributed by atoms with E-state index >= 15 is 0 Å². The smallest absolute Gasteiger partial charge is 0.232 e. The highest BCUT2D eigenvalue weighted by Crippen LogP contribution is 2.27. The monoisotopic (exact) mass is 281 g/mol. The lowest BCUT2D eigenvalue weighted by Crippen LogP contribution is -2.24. The quantitative estimate of drug-likeness (QED) is 0.752. The molecule has 0 bridgehead atoms. The van der Waals surface area contributed by atoms with Gasteiger partial charge in [-0.05, 0) is 0 Å². The van der Waals surface area contributed by atoms with Crippen molar-refractivity contribution in [3.05, 3.63) is 6.20 Å². The lowest BCUT2D eigenvalue weighted by Gasteiger charge is -2.11. The minimum Gasteiger partial charge on any atom is -0.301 e. The van der Waals surface area contributed by atoms with E-state index in [2.05, 4.69) is 9.59 Å². The first-order valence-corrected chi connectivity index (χ1v) is 7.71. The fraction of sp³-hybridized carbons (Fsp3) is 0.571. The Morgan fingerprint density at radius 1 is 1.62 bits per heavy atom. The van der Waals surface area contributed by atoms with E-state index in [9.17, 15) is 13.2 Å². The lowest BCUT2D eigenvalue weighted by atomic mass is 10.1. The van der Waals surface area contributed by atoms with E-state index < -0.39 is 9.05 Å². The summed E-state index contributed by atoms with van der Waals surface area (Å²) >= 11 is 1.11. The highest BCUT2D eigenvalue weighted by Gasteiger charge is 2.33. The highest BCUT2D eigenvalue weighted by molar-refractivity contribution is 8.13. The van der Waals surface area contributed by atoms with Gasteiger partial charge in [-0.3, -0.25) is 4.79 Å². The van der Waals surface area contributed by atoms with Crippen molar-refractivity contribution >= 4 is 42.2 Å². The number of rotatable bonds is 3. The normalized spacial score (nSPS) is 21.7. The zero-order valence-electron chi connectivity index (χ0n) is 8.04. The Bertz CT molecular complexity index is 487. The summed E-state index contributed by atoms with van der Waals surface area (Å²) in [5.41, 5.74) is 0. The van der Waals surface area contributed by atoms with Gasteiger partial charge in [0.15, 0.2) is 0 Å². The molecule has 1 unspecified atom stereocenters. The number of hydrogen-bond acceptors (Lipinski definition) is 6. The Labute approximate surface area is 101 Å². The molecule has 1 amide bonds. The Balaban J connectivity index is 2.08. The van der Waals surface area contributed by atoms with Crippen LogP contribution in [0.3, 0.4) is 0 Å². The van der Waals surface area contributed by atoms with Crippen LogP contribution in [0.4, 0.5) is 5.00 Å². The van der Waals surface area contributed by atoms with E-state index in [4.69, 9.17) is 10.7 Å². The summed E-state index contributed by atoms with van der Waals surface area (Å²) in [6, 6.07) is 0. The molecule has 0 saturated carbocycles. The number of halogens is 1. The maximum atomic E-state index is 11.6. The Morgan fingerprint density at radius 3 is 2.94 bits per heavy atom. The fourth-order valence-corrected chi connectivity index (χ4v) is 3.54. The van der Waals surface area contributed by atoms with Gasteiger partial charge in [0.1, 0.15) is 5.00 Å². The predicted molar refractivity (Wildman–Crippen MR) is 60.0 cm³/mol. The van der Waals surface area contributed by atoms with Crippen molar-refractivity contribution in [2.24, 2.45) is 5.92 Å². The molecule has 0 N–H and O–H groups in total. The maximum Gasteiger partial charge on any atom is 0.232 e. The van der Waals surface area contributed by atoms with Crippen molar-refractivity contribution in [2.45, 2.75) is 6.42 Å². The molecule has 6 nitrogen and oxygen atoms in total.